The second-order valence-corrected chi connectivity index (χ2v) is 5.86. The fraction of sp³-hybridized carbons (Fsp3) is 0.333. The molecule has 2 nitrogen and oxygen atoms in total. The molecule has 116 valence electrons. The van der Waals surface area contributed by atoms with Crippen LogP contribution < -0.4 is 0 Å². The minimum absolute atomic E-state index is 0. The minimum Gasteiger partial charge on any atom is -0.386 e. The summed E-state index contributed by atoms with van der Waals surface area (Å²) in [5.41, 5.74) is -0.430. The number of rotatable bonds is 3. The first-order chi connectivity index (χ1) is 9.21. The summed E-state index contributed by atoms with van der Waals surface area (Å²) in [5.74, 6) is 0. The van der Waals surface area contributed by atoms with Gasteiger partial charge in [-0.25, -0.2) is 18.2 Å². The molecule has 0 spiro atoms. The average Bonchev–Trinajstić information content (AvgIpc) is 2.99. The van der Waals surface area contributed by atoms with Crippen molar-refractivity contribution in [2.24, 2.45) is 0 Å². The first-order valence-corrected chi connectivity index (χ1v) is 6.77. The van der Waals surface area contributed by atoms with Crippen molar-refractivity contribution in [1.29, 1.82) is 0 Å². The zero-order valence-corrected chi connectivity index (χ0v) is 14.1. The summed E-state index contributed by atoms with van der Waals surface area (Å²) >= 11 is 0. The van der Waals surface area contributed by atoms with Crippen molar-refractivity contribution in [2.45, 2.75) is 38.9 Å². The Balaban J connectivity index is 0.000000562. The van der Waals surface area contributed by atoms with E-state index in [-0.39, 0.29) is 17.1 Å². The molecule has 0 bridgehead atoms. The molecule has 0 aliphatic rings. The normalized spacial score (nSPS) is 11.0. The average molecular weight is 328 g/mol. The molecule has 21 heavy (non-hydrogen) atoms. The Morgan fingerprint density at radius 1 is 0.952 bits per heavy atom. The zero-order chi connectivity index (χ0) is 15.2. The molecule has 2 aromatic carbocycles. The third-order valence-electron chi connectivity index (χ3n) is 2.87. The van der Waals surface area contributed by atoms with Crippen LogP contribution in [0.2, 0.25) is 0 Å². The molecule has 0 saturated carbocycles. The van der Waals surface area contributed by atoms with Gasteiger partial charge in [0, 0.05) is 0 Å². The van der Waals surface area contributed by atoms with Crippen molar-refractivity contribution < 1.29 is 27.3 Å². The van der Waals surface area contributed by atoms with Crippen LogP contribution in [-0.4, -0.2) is 21.4 Å². The van der Waals surface area contributed by atoms with Crippen molar-refractivity contribution in [3.8, 4) is 0 Å². The van der Waals surface area contributed by atoms with Gasteiger partial charge in [0.05, 0.1) is 11.2 Å². The molecular formula is C18H24FeO2. The van der Waals surface area contributed by atoms with Crippen LogP contribution in [0.15, 0.2) is 60.2 Å². The van der Waals surface area contributed by atoms with Gasteiger partial charge in [0.25, 0.3) is 0 Å². The van der Waals surface area contributed by atoms with E-state index in [1.807, 2.05) is 60.7 Å². The predicted molar refractivity (Wildman–Crippen MR) is 84.6 cm³/mol. The van der Waals surface area contributed by atoms with Gasteiger partial charge in [-0.2, -0.15) is 42.0 Å². The van der Waals surface area contributed by atoms with Gasteiger partial charge in [-0.05, 0) is 33.3 Å². The van der Waals surface area contributed by atoms with Gasteiger partial charge in [0.1, 0.15) is 0 Å². The molecule has 2 rings (SSSR count). The van der Waals surface area contributed by atoms with Gasteiger partial charge >= 0.3 is 17.1 Å². The molecule has 0 fully saturated rings. The Hall–Kier alpha value is -1.12. The van der Waals surface area contributed by atoms with E-state index in [4.69, 9.17) is 0 Å². The molecule has 0 amide bonds. The second kappa shape index (κ2) is 8.35. The van der Waals surface area contributed by atoms with Gasteiger partial charge in [0.2, 0.25) is 0 Å². The van der Waals surface area contributed by atoms with E-state index in [0.717, 1.165) is 5.56 Å². The predicted octanol–water partition coefficient (Wildman–Crippen LogP) is 3.73. The number of hydrogen-bond donors (Lipinski definition) is 2. The molecule has 2 aromatic rings. The van der Waals surface area contributed by atoms with Crippen LogP contribution in [0.1, 0.15) is 33.3 Å². The molecule has 0 unspecified atom stereocenters. The Kier molecular flexibility index (Phi) is 7.91. The summed E-state index contributed by atoms with van der Waals surface area (Å²) in [6.45, 7) is 6.72. The van der Waals surface area contributed by atoms with Gasteiger partial charge in [-0.15, -0.1) is 6.08 Å². The minimum atomic E-state index is -1.02. The summed E-state index contributed by atoms with van der Waals surface area (Å²) < 4.78 is 0. The molecule has 0 aromatic heterocycles. The first-order valence-electron chi connectivity index (χ1n) is 6.77. The van der Waals surface area contributed by atoms with Crippen LogP contribution in [0, 0.1) is 0 Å². The maximum absolute atomic E-state index is 9.98. The summed E-state index contributed by atoms with van der Waals surface area (Å²) in [5, 5.41) is 20.0. The Morgan fingerprint density at radius 2 is 1.48 bits per heavy atom. The maximum Gasteiger partial charge on any atom is 2.00 e. The zero-order valence-electron chi connectivity index (χ0n) is 13.0. The summed E-state index contributed by atoms with van der Waals surface area (Å²) in [6.07, 6.45) is 1.83. The third-order valence-corrected chi connectivity index (χ3v) is 2.87. The van der Waals surface area contributed by atoms with Crippen LogP contribution in [-0.2, 0) is 17.1 Å². The summed E-state index contributed by atoms with van der Waals surface area (Å²) in [7, 11) is 0. The van der Waals surface area contributed by atoms with E-state index in [0.29, 0.717) is 5.57 Å². The third kappa shape index (κ3) is 7.45. The molecule has 0 atom stereocenters. The van der Waals surface area contributed by atoms with E-state index in [1.165, 1.54) is 0 Å². The fourth-order valence-electron chi connectivity index (χ4n) is 2.07. The molecule has 0 heterocycles. The van der Waals surface area contributed by atoms with Gasteiger partial charge in [-0.1, -0.05) is 0 Å². The number of hydrogen-bond acceptors (Lipinski definition) is 2. The van der Waals surface area contributed by atoms with E-state index in [1.54, 1.807) is 27.7 Å². The van der Waals surface area contributed by atoms with E-state index >= 15 is 0 Å². The Labute approximate surface area is 138 Å². The second-order valence-electron chi connectivity index (χ2n) is 5.86. The van der Waals surface area contributed by atoms with Gasteiger partial charge in [0.15, 0.2) is 0 Å². The summed E-state index contributed by atoms with van der Waals surface area (Å²) in [4.78, 5) is 0. The van der Waals surface area contributed by atoms with Crippen molar-refractivity contribution >= 4 is 6.08 Å². The van der Waals surface area contributed by atoms with E-state index in [2.05, 4.69) is 0 Å². The van der Waals surface area contributed by atoms with Gasteiger partial charge < -0.3 is 10.2 Å². The molecule has 0 radical (unpaired) electrons. The van der Waals surface area contributed by atoms with E-state index < -0.39 is 11.2 Å². The van der Waals surface area contributed by atoms with Crippen LogP contribution in [0.3, 0.4) is 0 Å². The van der Waals surface area contributed by atoms with Crippen molar-refractivity contribution in [3.05, 3.63) is 65.7 Å². The smallest absolute Gasteiger partial charge is 0.386 e. The van der Waals surface area contributed by atoms with Crippen LogP contribution in [0.25, 0.3) is 6.08 Å². The number of aliphatic hydroxyl groups is 2. The van der Waals surface area contributed by atoms with E-state index in [9.17, 15) is 10.2 Å². The Bertz CT molecular complexity index is 461. The molecule has 0 saturated heterocycles. The van der Waals surface area contributed by atoms with Crippen molar-refractivity contribution in [1.82, 2.24) is 0 Å². The van der Waals surface area contributed by atoms with Crippen LogP contribution in [0.4, 0.5) is 0 Å². The van der Waals surface area contributed by atoms with Crippen LogP contribution in [0.5, 0.6) is 0 Å². The maximum atomic E-state index is 9.98. The quantitative estimate of drug-likeness (QED) is 0.666. The molecular weight excluding hydrogens is 304 g/mol. The monoisotopic (exact) mass is 328 g/mol. The topological polar surface area (TPSA) is 40.5 Å². The largest absolute Gasteiger partial charge is 2.00 e. The fourth-order valence-corrected chi connectivity index (χ4v) is 2.07. The standard InChI is InChI=1S/C13H19O2.C5H5.Fe/c1-12(2,14)11(13(3,4)15)9-10-7-5-6-8-10;1-2-4-5-3-1;/h5-9,14-15H,1-4H3;1-5H;/q2*-1;+2. The van der Waals surface area contributed by atoms with Crippen molar-refractivity contribution in [3.63, 3.8) is 0 Å². The first kappa shape index (κ1) is 19.9. The molecule has 0 aliphatic heterocycles. The van der Waals surface area contributed by atoms with Gasteiger partial charge in [-0.3, -0.25) is 0 Å². The SMILES string of the molecule is CC(C)(O)C(=Cc1cc[cH-]c1)C(C)(C)O.[Fe+2].c1cc[cH-]c1. The molecule has 0 aliphatic carbocycles. The Morgan fingerprint density at radius 3 is 1.76 bits per heavy atom. The molecule has 3 heteroatoms. The van der Waals surface area contributed by atoms with Crippen LogP contribution >= 0.6 is 0 Å². The van der Waals surface area contributed by atoms with Crippen molar-refractivity contribution in [2.75, 3.05) is 0 Å². The molecule has 2 N–H and O–H groups in total. The summed E-state index contributed by atoms with van der Waals surface area (Å²) in [6, 6.07) is 17.7.